The third-order valence-electron chi connectivity index (χ3n) is 2.65. The Labute approximate surface area is 107 Å². The highest BCUT2D eigenvalue weighted by atomic mass is 35.5. The Hall–Kier alpha value is -1.54. The summed E-state index contributed by atoms with van der Waals surface area (Å²) in [6.45, 7) is 4.13. The van der Waals surface area contributed by atoms with Crippen LogP contribution in [0.25, 0.3) is 0 Å². The van der Waals surface area contributed by atoms with E-state index in [4.69, 9.17) is 11.6 Å². The van der Waals surface area contributed by atoms with E-state index < -0.39 is 0 Å². The van der Waals surface area contributed by atoms with Gasteiger partial charge in [-0.1, -0.05) is 29.8 Å². The van der Waals surface area contributed by atoms with Crippen molar-refractivity contribution in [3.05, 3.63) is 58.7 Å². The third-order valence-corrected chi connectivity index (χ3v) is 2.90. The molecule has 0 aliphatic rings. The summed E-state index contributed by atoms with van der Waals surface area (Å²) < 4.78 is 0. The molecule has 0 radical (unpaired) electrons. The first-order valence-electron chi connectivity index (χ1n) is 5.60. The zero-order valence-corrected chi connectivity index (χ0v) is 10.7. The average Bonchev–Trinajstić information content (AvgIpc) is 2.33. The van der Waals surface area contributed by atoms with Gasteiger partial charge in [0, 0.05) is 17.3 Å². The number of nitrogens with zero attached hydrogens (tertiary/aromatic N) is 1. The lowest BCUT2D eigenvalue weighted by Gasteiger charge is -2.15. The van der Waals surface area contributed by atoms with Gasteiger partial charge in [0.25, 0.3) is 0 Å². The molecule has 0 saturated heterocycles. The van der Waals surface area contributed by atoms with E-state index in [1.165, 1.54) is 5.56 Å². The van der Waals surface area contributed by atoms with Crippen LogP contribution in [0.15, 0.2) is 42.6 Å². The predicted molar refractivity (Wildman–Crippen MR) is 72.5 cm³/mol. The van der Waals surface area contributed by atoms with Gasteiger partial charge in [0.1, 0.15) is 5.82 Å². The van der Waals surface area contributed by atoms with Crippen molar-refractivity contribution in [2.75, 3.05) is 5.32 Å². The van der Waals surface area contributed by atoms with E-state index in [1.54, 1.807) is 0 Å². The minimum atomic E-state index is 0.211. The second-order valence-corrected chi connectivity index (χ2v) is 4.57. The number of rotatable bonds is 3. The first-order valence-corrected chi connectivity index (χ1v) is 5.97. The van der Waals surface area contributed by atoms with Crippen LogP contribution in [0, 0.1) is 6.92 Å². The Morgan fingerprint density at radius 3 is 2.41 bits per heavy atom. The van der Waals surface area contributed by atoms with E-state index in [0.717, 1.165) is 16.4 Å². The van der Waals surface area contributed by atoms with Crippen molar-refractivity contribution in [3.63, 3.8) is 0 Å². The van der Waals surface area contributed by atoms with Gasteiger partial charge in [0.2, 0.25) is 0 Å². The van der Waals surface area contributed by atoms with Gasteiger partial charge in [0.05, 0.1) is 0 Å². The van der Waals surface area contributed by atoms with Crippen molar-refractivity contribution in [1.29, 1.82) is 0 Å². The highest BCUT2D eigenvalue weighted by Gasteiger charge is 2.05. The second kappa shape index (κ2) is 5.19. The molecule has 1 aromatic heterocycles. The average molecular weight is 247 g/mol. The van der Waals surface area contributed by atoms with Gasteiger partial charge in [-0.25, -0.2) is 4.98 Å². The molecule has 3 heteroatoms. The fourth-order valence-corrected chi connectivity index (χ4v) is 1.74. The largest absolute Gasteiger partial charge is 0.364 e. The van der Waals surface area contributed by atoms with Crippen molar-refractivity contribution in [3.8, 4) is 0 Å². The molecule has 1 atom stereocenters. The molecule has 2 aromatic rings. The van der Waals surface area contributed by atoms with Crippen LogP contribution >= 0.6 is 11.6 Å². The van der Waals surface area contributed by atoms with Gasteiger partial charge >= 0.3 is 0 Å². The number of nitrogens with one attached hydrogen (secondary N) is 1. The third kappa shape index (κ3) is 3.21. The lowest BCUT2D eigenvalue weighted by atomic mass is 10.1. The van der Waals surface area contributed by atoms with E-state index in [-0.39, 0.29) is 6.04 Å². The molecule has 88 valence electrons. The molecule has 1 heterocycles. The molecule has 1 N–H and O–H groups in total. The SMILES string of the molecule is Cc1ccc(NC(C)c2ccc(Cl)cc2)nc1. The van der Waals surface area contributed by atoms with Crippen molar-refractivity contribution < 1.29 is 0 Å². The van der Waals surface area contributed by atoms with Gasteiger partial charge in [-0.15, -0.1) is 0 Å². The van der Waals surface area contributed by atoms with Gasteiger partial charge in [-0.3, -0.25) is 0 Å². The first-order chi connectivity index (χ1) is 8.15. The number of pyridine rings is 1. The monoisotopic (exact) mass is 246 g/mol. The molecule has 0 bridgehead atoms. The summed E-state index contributed by atoms with van der Waals surface area (Å²) in [5, 5.41) is 4.11. The number of halogens is 1. The molecule has 1 unspecified atom stereocenters. The van der Waals surface area contributed by atoms with E-state index >= 15 is 0 Å². The van der Waals surface area contributed by atoms with Gasteiger partial charge in [0.15, 0.2) is 0 Å². The summed E-state index contributed by atoms with van der Waals surface area (Å²) >= 11 is 5.86. The molecule has 0 aliphatic carbocycles. The zero-order valence-electron chi connectivity index (χ0n) is 9.94. The molecule has 17 heavy (non-hydrogen) atoms. The molecule has 0 amide bonds. The minimum Gasteiger partial charge on any atom is -0.364 e. The molecular formula is C14H15ClN2. The van der Waals surface area contributed by atoms with E-state index in [0.29, 0.717) is 0 Å². The fraction of sp³-hybridized carbons (Fsp3) is 0.214. The first kappa shape index (κ1) is 11.9. The molecule has 2 nitrogen and oxygen atoms in total. The topological polar surface area (TPSA) is 24.9 Å². The molecule has 0 saturated carbocycles. The summed E-state index contributed by atoms with van der Waals surface area (Å²) in [5.41, 5.74) is 2.35. The van der Waals surface area contributed by atoms with E-state index in [9.17, 15) is 0 Å². The maximum atomic E-state index is 5.86. The summed E-state index contributed by atoms with van der Waals surface area (Å²) in [6.07, 6.45) is 1.86. The summed E-state index contributed by atoms with van der Waals surface area (Å²) in [4.78, 5) is 4.32. The number of benzene rings is 1. The number of hydrogen-bond acceptors (Lipinski definition) is 2. The fourth-order valence-electron chi connectivity index (χ4n) is 1.61. The quantitative estimate of drug-likeness (QED) is 0.877. The lowest BCUT2D eigenvalue weighted by Crippen LogP contribution is -2.07. The summed E-state index contributed by atoms with van der Waals surface area (Å²) in [7, 11) is 0. The van der Waals surface area contributed by atoms with Crippen molar-refractivity contribution >= 4 is 17.4 Å². The van der Waals surface area contributed by atoms with Crippen molar-refractivity contribution in [2.24, 2.45) is 0 Å². The smallest absolute Gasteiger partial charge is 0.126 e. The molecular weight excluding hydrogens is 232 g/mol. The Kier molecular flexibility index (Phi) is 3.64. The highest BCUT2D eigenvalue weighted by molar-refractivity contribution is 6.30. The minimum absolute atomic E-state index is 0.211. The Morgan fingerprint density at radius 1 is 1.12 bits per heavy atom. The normalized spacial score (nSPS) is 12.2. The Bertz CT molecular complexity index is 477. The molecule has 1 aromatic carbocycles. The van der Waals surface area contributed by atoms with Crippen LogP contribution in [0.5, 0.6) is 0 Å². The van der Waals surface area contributed by atoms with E-state index in [2.05, 4.69) is 17.2 Å². The van der Waals surface area contributed by atoms with Crippen molar-refractivity contribution in [2.45, 2.75) is 19.9 Å². The van der Waals surface area contributed by atoms with Gasteiger partial charge in [-0.05, 0) is 43.2 Å². The standard InChI is InChI=1S/C14H15ClN2/c1-10-3-8-14(16-9-10)17-11(2)12-4-6-13(15)7-5-12/h3-9,11H,1-2H3,(H,16,17). The number of aryl methyl sites for hydroxylation is 1. The van der Waals surface area contributed by atoms with Crippen LogP contribution in [-0.4, -0.2) is 4.98 Å². The maximum Gasteiger partial charge on any atom is 0.126 e. The number of anilines is 1. The molecule has 2 rings (SSSR count). The van der Waals surface area contributed by atoms with Crippen LogP contribution < -0.4 is 5.32 Å². The van der Waals surface area contributed by atoms with Crippen LogP contribution in [0.3, 0.4) is 0 Å². The van der Waals surface area contributed by atoms with Crippen LogP contribution in [-0.2, 0) is 0 Å². The second-order valence-electron chi connectivity index (χ2n) is 4.14. The number of aromatic nitrogens is 1. The Balaban J connectivity index is 2.08. The van der Waals surface area contributed by atoms with E-state index in [1.807, 2.05) is 49.5 Å². The summed E-state index contributed by atoms with van der Waals surface area (Å²) in [6, 6.07) is 12.1. The van der Waals surface area contributed by atoms with Gasteiger partial charge in [-0.2, -0.15) is 0 Å². The number of hydrogen-bond donors (Lipinski definition) is 1. The van der Waals surface area contributed by atoms with Crippen LogP contribution in [0.4, 0.5) is 5.82 Å². The zero-order chi connectivity index (χ0) is 12.3. The molecule has 0 aliphatic heterocycles. The van der Waals surface area contributed by atoms with Crippen LogP contribution in [0.1, 0.15) is 24.1 Å². The predicted octanol–water partition coefficient (Wildman–Crippen LogP) is 4.22. The Morgan fingerprint density at radius 2 is 1.82 bits per heavy atom. The highest BCUT2D eigenvalue weighted by Crippen LogP contribution is 2.19. The molecule has 0 fully saturated rings. The van der Waals surface area contributed by atoms with Crippen LogP contribution in [0.2, 0.25) is 5.02 Å². The lowest BCUT2D eigenvalue weighted by molar-refractivity contribution is 0.874. The maximum absolute atomic E-state index is 5.86. The van der Waals surface area contributed by atoms with Crippen molar-refractivity contribution in [1.82, 2.24) is 4.98 Å². The molecule has 0 spiro atoms. The van der Waals surface area contributed by atoms with Gasteiger partial charge < -0.3 is 5.32 Å². The summed E-state index contributed by atoms with van der Waals surface area (Å²) in [5.74, 6) is 0.887.